The third-order valence-corrected chi connectivity index (χ3v) is 3.40. The Hall–Kier alpha value is -1.13. The van der Waals surface area contributed by atoms with E-state index in [1.807, 2.05) is 88.4 Å². The molecule has 0 unspecified atom stereocenters. The van der Waals surface area contributed by atoms with Crippen molar-refractivity contribution in [3.8, 4) is 0 Å². The Morgan fingerprint density at radius 3 is 1.14 bits per heavy atom. The van der Waals surface area contributed by atoms with Crippen molar-refractivity contribution in [3.05, 3.63) is 71.8 Å². The molecule has 3 heteroatoms. The van der Waals surface area contributed by atoms with Gasteiger partial charge in [-0.15, -0.1) is 0 Å². The summed E-state index contributed by atoms with van der Waals surface area (Å²) in [5.74, 6) is 0. The van der Waals surface area contributed by atoms with E-state index in [2.05, 4.69) is 0 Å². The molecule has 2 nitrogen and oxygen atoms in total. The zero-order valence-corrected chi connectivity index (χ0v) is 14.0. The van der Waals surface area contributed by atoms with Crippen molar-refractivity contribution in [1.29, 1.82) is 0 Å². The molecular formula is C18H22CoO2. The third-order valence-electron chi connectivity index (χ3n) is 3.40. The van der Waals surface area contributed by atoms with Crippen molar-refractivity contribution in [3.63, 3.8) is 0 Å². The van der Waals surface area contributed by atoms with Crippen LogP contribution in [0.1, 0.15) is 38.8 Å². The van der Waals surface area contributed by atoms with E-state index >= 15 is 0 Å². The summed E-state index contributed by atoms with van der Waals surface area (Å²) >= 11 is 0. The van der Waals surface area contributed by atoms with Gasteiger partial charge in [0.2, 0.25) is 0 Å². The zero-order valence-electron chi connectivity index (χ0n) is 12.9. The van der Waals surface area contributed by atoms with Crippen LogP contribution in [0.25, 0.3) is 0 Å². The first-order chi connectivity index (χ1) is 9.42. The average molecular weight is 329 g/mol. The molecule has 115 valence electrons. The summed E-state index contributed by atoms with van der Waals surface area (Å²) in [5, 5.41) is 0. The quantitative estimate of drug-likeness (QED) is 0.579. The molecule has 0 N–H and O–H groups in total. The predicted molar refractivity (Wildman–Crippen MR) is 81.1 cm³/mol. The molecule has 1 radical (unpaired) electrons. The molecule has 0 spiro atoms. The van der Waals surface area contributed by atoms with E-state index in [0.717, 1.165) is 11.1 Å². The van der Waals surface area contributed by atoms with Gasteiger partial charge in [0.15, 0.2) is 0 Å². The molecule has 21 heavy (non-hydrogen) atoms. The Labute approximate surface area is 137 Å². The fourth-order valence-electron chi connectivity index (χ4n) is 1.98. The number of benzene rings is 2. The molecule has 2 aromatic rings. The van der Waals surface area contributed by atoms with Crippen LogP contribution >= 0.6 is 0 Å². The maximum atomic E-state index is 5.73. The fraction of sp³-hybridized carbons (Fsp3) is 0.333. The Bertz CT molecular complexity index is 484. The summed E-state index contributed by atoms with van der Waals surface area (Å²) in [6, 6.07) is 20.2. The molecule has 0 aliphatic carbocycles. The van der Waals surface area contributed by atoms with Crippen LogP contribution < -0.4 is 0 Å². The van der Waals surface area contributed by atoms with Gasteiger partial charge in [-0.25, -0.2) is 9.78 Å². The van der Waals surface area contributed by atoms with Gasteiger partial charge in [0.05, 0.1) is 0 Å². The van der Waals surface area contributed by atoms with Crippen LogP contribution in [-0.2, 0) is 37.8 Å². The van der Waals surface area contributed by atoms with Gasteiger partial charge in [-0.2, -0.15) is 0 Å². The van der Waals surface area contributed by atoms with E-state index in [1.165, 1.54) is 0 Å². The Kier molecular flexibility index (Phi) is 6.17. The SMILES string of the molecule is CC(C)(OOC(C)(C)c1ccccc1)c1ccccc1.[Co]. The van der Waals surface area contributed by atoms with Crippen molar-refractivity contribution in [2.24, 2.45) is 0 Å². The molecule has 0 aromatic heterocycles. The van der Waals surface area contributed by atoms with E-state index in [4.69, 9.17) is 9.78 Å². The molecule has 2 rings (SSSR count). The number of hydrogen-bond donors (Lipinski definition) is 0. The standard InChI is InChI=1S/C18H22O2.Co/c1-17(2,15-11-7-5-8-12-15)19-20-18(3,4)16-13-9-6-10-14-16;/h5-14H,1-4H3;. The van der Waals surface area contributed by atoms with Gasteiger partial charge < -0.3 is 0 Å². The smallest absolute Gasteiger partial charge is 0.123 e. The minimum atomic E-state index is -0.493. The Morgan fingerprint density at radius 1 is 0.571 bits per heavy atom. The molecule has 0 amide bonds. The predicted octanol–water partition coefficient (Wildman–Crippen LogP) is 4.80. The minimum absolute atomic E-state index is 0. The van der Waals surface area contributed by atoms with Gasteiger partial charge in [-0.1, -0.05) is 60.7 Å². The summed E-state index contributed by atoms with van der Waals surface area (Å²) in [4.78, 5) is 11.5. The van der Waals surface area contributed by atoms with E-state index in [1.54, 1.807) is 0 Å². The summed E-state index contributed by atoms with van der Waals surface area (Å²) in [5.41, 5.74) is 1.19. The molecule has 0 aliphatic heterocycles. The van der Waals surface area contributed by atoms with Crippen molar-refractivity contribution >= 4 is 0 Å². The van der Waals surface area contributed by atoms with Gasteiger partial charge in [0, 0.05) is 16.8 Å². The largest absolute Gasteiger partial charge is 0.225 e. The zero-order chi connectivity index (χ0) is 14.6. The summed E-state index contributed by atoms with van der Waals surface area (Å²) < 4.78 is 0. The Morgan fingerprint density at radius 2 is 0.857 bits per heavy atom. The normalized spacial score (nSPS) is 11.8. The van der Waals surface area contributed by atoms with E-state index in [9.17, 15) is 0 Å². The maximum absolute atomic E-state index is 5.73. The van der Waals surface area contributed by atoms with Gasteiger partial charge >= 0.3 is 0 Å². The van der Waals surface area contributed by atoms with Crippen LogP contribution in [0.3, 0.4) is 0 Å². The van der Waals surface area contributed by atoms with Crippen LogP contribution in [0.4, 0.5) is 0 Å². The maximum Gasteiger partial charge on any atom is 0.123 e. The first-order valence-corrected chi connectivity index (χ1v) is 6.90. The summed E-state index contributed by atoms with van der Waals surface area (Å²) in [6.45, 7) is 8.01. The van der Waals surface area contributed by atoms with Crippen LogP contribution in [0, 0.1) is 0 Å². The first-order valence-electron chi connectivity index (χ1n) is 6.90. The number of hydrogen-bond acceptors (Lipinski definition) is 2. The van der Waals surface area contributed by atoms with E-state index in [-0.39, 0.29) is 16.8 Å². The topological polar surface area (TPSA) is 18.5 Å². The molecule has 0 fully saturated rings. The van der Waals surface area contributed by atoms with Crippen molar-refractivity contribution in [2.75, 3.05) is 0 Å². The van der Waals surface area contributed by atoms with Gasteiger partial charge in [-0.05, 0) is 38.8 Å². The first kappa shape index (κ1) is 17.9. The second-order valence-electron chi connectivity index (χ2n) is 5.92. The van der Waals surface area contributed by atoms with Crippen molar-refractivity contribution in [2.45, 2.75) is 38.9 Å². The molecular weight excluding hydrogens is 307 g/mol. The number of rotatable bonds is 5. The summed E-state index contributed by atoms with van der Waals surface area (Å²) in [7, 11) is 0. The second-order valence-corrected chi connectivity index (χ2v) is 5.92. The third kappa shape index (κ3) is 4.68. The minimum Gasteiger partial charge on any atom is -0.225 e. The molecule has 0 atom stereocenters. The van der Waals surface area contributed by atoms with Gasteiger partial charge in [-0.3, -0.25) is 0 Å². The van der Waals surface area contributed by atoms with Crippen LogP contribution in [0.5, 0.6) is 0 Å². The summed E-state index contributed by atoms with van der Waals surface area (Å²) in [6.07, 6.45) is 0. The molecule has 0 heterocycles. The van der Waals surface area contributed by atoms with Crippen LogP contribution in [0.2, 0.25) is 0 Å². The monoisotopic (exact) mass is 329 g/mol. The average Bonchev–Trinajstić information content (AvgIpc) is 2.47. The molecule has 2 aromatic carbocycles. The second kappa shape index (κ2) is 7.23. The molecule has 0 saturated heterocycles. The van der Waals surface area contributed by atoms with Crippen LogP contribution in [-0.4, -0.2) is 0 Å². The molecule has 0 saturated carbocycles. The van der Waals surface area contributed by atoms with Crippen LogP contribution in [0.15, 0.2) is 60.7 Å². The van der Waals surface area contributed by atoms with E-state index < -0.39 is 11.2 Å². The van der Waals surface area contributed by atoms with Crippen molar-refractivity contribution < 1.29 is 26.6 Å². The van der Waals surface area contributed by atoms with E-state index in [0.29, 0.717) is 0 Å². The van der Waals surface area contributed by atoms with Gasteiger partial charge in [0.1, 0.15) is 11.2 Å². The fourth-order valence-corrected chi connectivity index (χ4v) is 1.98. The molecule has 0 aliphatic rings. The van der Waals surface area contributed by atoms with Gasteiger partial charge in [0.25, 0.3) is 0 Å². The molecule has 0 bridgehead atoms. The Balaban J connectivity index is 0.00000220. The van der Waals surface area contributed by atoms with Crippen molar-refractivity contribution in [1.82, 2.24) is 0 Å².